The van der Waals surface area contributed by atoms with Crippen molar-refractivity contribution in [3.05, 3.63) is 41.6 Å². The minimum atomic E-state index is -0.0624. The molecule has 0 spiro atoms. The zero-order valence-electron chi connectivity index (χ0n) is 12.2. The highest BCUT2D eigenvalue weighted by Crippen LogP contribution is 2.37. The van der Waals surface area contributed by atoms with E-state index in [0.717, 1.165) is 18.5 Å². The lowest BCUT2D eigenvalue weighted by Gasteiger charge is -2.07. The Bertz CT molecular complexity index is 625. The minimum Gasteiger partial charge on any atom is -0.308 e. The number of fused-ring (bicyclic) bond motifs is 1. The molecular weight excluding hydrogens is 282 g/mol. The third kappa shape index (κ3) is 3.29. The fourth-order valence-corrected chi connectivity index (χ4v) is 3.70. The number of aromatic nitrogens is 2. The van der Waals surface area contributed by atoms with Gasteiger partial charge in [0.1, 0.15) is 0 Å². The molecule has 5 heteroatoms. The third-order valence-electron chi connectivity index (χ3n) is 3.45. The summed E-state index contributed by atoms with van der Waals surface area (Å²) in [5.74, 6) is 1.21. The van der Waals surface area contributed by atoms with Gasteiger partial charge in [-0.3, -0.25) is 9.89 Å². The van der Waals surface area contributed by atoms with Crippen molar-refractivity contribution < 1.29 is 4.79 Å². The Hall–Kier alpha value is -1.75. The average Bonchev–Trinajstić information content (AvgIpc) is 3.04. The van der Waals surface area contributed by atoms with Crippen LogP contribution in [-0.4, -0.2) is 21.4 Å². The number of amides is 1. The van der Waals surface area contributed by atoms with E-state index >= 15 is 0 Å². The first-order chi connectivity index (χ1) is 10.1. The van der Waals surface area contributed by atoms with Crippen molar-refractivity contribution in [2.45, 2.75) is 36.8 Å². The van der Waals surface area contributed by atoms with Gasteiger partial charge in [0.25, 0.3) is 0 Å². The first kappa shape index (κ1) is 14.2. The molecule has 1 aromatic heterocycles. The van der Waals surface area contributed by atoms with E-state index in [0.29, 0.717) is 11.7 Å². The van der Waals surface area contributed by atoms with E-state index in [9.17, 15) is 4.79 Å². The molecule has 3 rings (SSSR count). The molecule has 21 heavy (non-hydrogen) atoms. The molecule has 0 aliphatic carbocycles. The molecule has 4 nitrogen and oxygen atoms in total. The van der Waals surface area contributed by atoms with Gasteiger partial charge in [-0.2, -0.15) is 5.10 Å². The van der Waals surface area contributed by atoms with Crippen LogP contribution < -0.4 is 5.32 Å². The fourth-order valence-electron chi connectivity index (χ4n) is 2.51. The molecule has 1 atom stereocenters. The molecule has 0 radical (unpaired) electrons. The van der Waals surface area contributed by atoms with E-state index in [4.69, 9.17) is 0 Å². The number of anilines is 1. The topological polar surface area (TPSA) is 57.8 Å². The van der Waals surface area contributed by atoms with Gasteiger partial charge in [0, 0.05) is 16.7 Å². The second-order valence-electron chi connectivity index (χ2n) is 5.78. The van der Waals surface area contributed by atoms with Crippen LogP contribution in [0.4, 0.5) is 5.82 Å². The first-order valence-electron chi connectivity index (χ1n) is 7.21. The molecule has 1 aromatic carbocycles. The molecule has 1 aliphatic heterocycles. The van der Waals surface area contributed by atoms with E-state index in [1.807, 2.05) is 18.2 Å². The predicted octanol–water partition coefficient (Wildman–Crippen LogP) is 3.26. The van der Waals surface area contributed by atoms with Crippen molar-refractivity contribution in [1.29, 1.82) is 0 Å². The van der Waals surface area contributed by atoms with Gasteiger partial charge in [-0.25, -0.2) is 0 Å². The zero-order chi connectivity index (χ0) is 14.8. The number of carbonyl (C=O) groups excluding carboxylic acids is 1. The van der Waals surface area contributed by atoms with Crippen molar-refractivity contribution in [2.75, 3.05) is 5.32 Å². The standard InChI is InChI=1S/C16H19N3OS/c1-10(2)7-12-9-15(19-18-12)17-16(20)14-8-11-5-3-4-6-13(11)21-14/h3-6,9-10,14H,7-8H2,1-2H3,(H2,17,18,19,20). The van der Waals surface area contributed by atoms with Crippen molar-refractivity contribution in [3.63, 3.8) is 0 Å². The summed E-state index contributed by atoms with van der Waals surface area (Å²) in [5.41, 5.74) is 2.31. The van der Waals surface area contributed by atoms with Gasteiger partial charge in [-0.05, 0) is 30.4 Å². The Labute approximate surface area is 128 Å². The summed E-state index contributed by atoms with van der Waals surface area (Å²) >= 11 is 1.63. The lowest BCUT2D eigenvalue weighted by Crippen LogP contribution is -2.24. The summed E-state index contributed by atoms with van der Waals surface area (Å²) in [7, 11) is 0. The Balaban J connectivity index is 1.61. The maximum absolute atomic E-state index is 12.3. The summed E-state index contributed by atoms with van der Waals surface area (Å²) in [5, 5.41) is 9.99. The molecular formula is C16H19N3OS. The molecule has 0 fully saturated rings. The number of rotatable bonds is 4. The van der Waals surface area contributed by atoms with Gasteiger partial charge >= 0.3 is 0 Å². The summed E-state index contributed by atoms with van der Waals surface area (Å²) in [6.07, 6.45) is 1.72. The monoisotopic (exact) mass is 301 g/mol. The maximum Gasteiger partial charge on any atom is 0.239 e. The predicted molar refractivity (Wildman–Crippen MR) is 85.6 cm³/mol. The number of carbonyl (C=O) groups is 1. The van der Waals surface area contributed by atoms with Crippen LogP contribution in [0.3, 0.4) is 0 Å². The second kappa shape index (κ2) is 5.93. The van der Waals surface area contributed by atoms with Gasteiger partial charge in [0.2, 0.25) is 5.91 Å². The number of nitrogens with one attached hydrogen (secondary N) is 2. The number of benzene rings is 1. The van der Waals surface area contributed by atoms with Crippen LogP contribution in [0.5, 0.6) is 0 Å². The molecule has 2 N–H and O–H groups in total. The molecule has 0 saturated carbocycles. The Morgan fingerprint density at radius 2 is 2.29 bits per heavy atom. The summed E-state index contributed by atoms with van der Waals surface area (Å²) in [6, 6.07) is 10.1. The van der Waals surface area contributed by atoms with Gasteiger partial charge in [0.05, 0.1) is 5.25 Å². The van der Waals surface area contributed by atoms with Crippen LogP contribution in [-0.2, 0) is 17.6 Å². The number of thioether (sulfide) groups is 1. The largest absolute Gasteiger partial charge is 0.308 e. The highest BCUT2D eigenvalue weighted by molar-refractivity contribution is 8.01. The lowest BCUT2D eigenvalue weighted by atomic mass is 10.1. The SMILES string of the molecule is CC(C)Cc1cc(NC(=O)C2Cc3ccccc3S2)n[nH]1. The summed E-state index contributed by atoms with van der Waals surface area (Å²) in [6.45, 7) is 4.32. The average molecular weight is 301 g/mol. The number of hydrogen-bond acceptors (Lipinski definition) is 3. The Morgan fingerprint density at radius 1 is 1.48 bits per heavy atom. The minimum absolute atomic E-state index is 0.0267. The van der Waals surface area contributed by atoms with Crippen LogP contribution in [0.15, 0.2) is 35.2 Å². The molecule has 110 valence electrons. The fraction of sp³-hybridized carbons (Fsp3) is 0.375. The van der Waals surface area contributed by atoms with Crippen LogP contribution >= 0.6 is 11.8 Å². The van der Waals surface area contributed by atoms with E-state index in [1.165, 1.54) is 10.5 Å². The highest BCUT2D eigenvalue weighted by Gasteiger charge is 2.28. The van der Waals surface area contributed by atoms with Crippen LogP contribution in [0, 0.1) is 5.92 Å². The molecule has 2 heterocycles. The molecule has 1 unspecified atom stereocenters. The lowest BCUT2D eigenvalue weighted by molar-refractivity contribution is -0.115. The van der Waals surface area contributed by atoms with Crippen LogP contribution in [0.2, 0.25) is 0 Å². The molecule has 0 bridgehead atoms. The van der Waals surface area contributed by atoms with Gasteiger partial charge in [-0.15, -0.1) is 11.8 Å². The van der Waals surface area contributed by atoms with Crippen LogP contribution in [0.1, 0.15) is 25.1 Å². The van der Waals surface area contributed by atoms with Crippen molar-refractivity contribution in [1.82, 2.24) is 10.2 Å². The molecule has 1 amide bonds. The summed E-state index contributed by atoms with van der Waals surface area (Å²) in [4.78, 5) is 13.5. The summed E-state index contributed by atoms with van der Waals surface area (Å²) < 4.78 is 0. The van der Waals surface area contributed by atoms with Crippen molar-refractivity contribution in [3.8, 4) is 0 Å². The van der Waals surface area contributed by atoms with Crippen molar-refractivity contribution in [2.24, 2.45) is 5.92 Å². The number of hydrogen-bond donors (Lipinski definition) is 2. The molecule has 1 aliphatic rings. The zero-order valence-corrected chi connectivity index (χ0v) is 13.0. The third-order valence-corrected chi connectivity index (χ3v) is 4.77. The smallest absolute Gasteiger partial charge is 0.239 e. The van der Waals surface area contributed by atoms with E-state index in [-0.39, 0.29) is 11.2 Å². The van der Waals surface area contributed by atoms with E-state index < -0.39 is 0 Å². The molecule has 2 aromatic rings. The van der Waals surface area contributed by atoms with Gasteiger partial charge in [0.15, 0.2) is 5.82 Å². The van der Waals surface area contributed by atoms with Crippen LogP contribution in [0.25, 0.3) is 0 Å². The Kier molecular flexibility index (Phi) is 4.01. The number of H-pyrrole nitrogens is 1. The number of nitrogens with zero attached hydrogens (tertiary/aromatic N) is 1. The normalized spacial score (nSPS) is 17.0. The second-order valence-corrected chi connectivity index (χ2v) is 7.03. The van der Waals surface area contributed by atoms with Gasteiger partial charge < -0.3 is 5.32 Å². The first-order valence-corrected chi connectivity index (χ1v) is 8.09. The van der Waals surface area contributed by atoms with E-state index in [2.05, 4.69) is 41.5 Å². The van der Waals surface area contributed by atoms with E-state index in [1.54, 1.807) is 11.8 Å². The molecule has 0 saturated heterocycles. The number of aromatic amines is 1. The highest BCUT2D eigenvalue weighted by atomic mass is 32.2. The maximum atomic E-state index is 12.3. The van der Waals surface area contributed by atoms with Crippen molar-refractivity contribution >= 4 is 23.5 Å². The Morgan fingerprint density at radius 3 is 3.05 bits per heavy atom. The quantitative estimate of drug-likeness (QED) is 0.911. The van der Waals surface area contributed by atoms with Gasteiger partial charge in [-0.1, -0.05) is 32.0 Å².